The van der Waals surface area contributed by atoms with E-state index in [4.69, 9.17) is 21.1 Å². The van der Waals surface area contributed by atoms with E-state index in [1.54, 1.807) is 18.2 Å². The van der Waals surface area contributed by atoms with Crippen LogP contribution in [0.3, 0.4) is 0 Å². The molecule has 1 aromatic heterocycles. The van der Waals surface area contributed by atoms with Crippen molar-refractivity contribution in [1.29, 1.82) is 0 Å². The number of methoxy groups -OCH3 is 1. The summed E-state index contributed by atoms with van der Waals surface area (Å²) in [5, 5.41) is 20.9. The molecule has 0 radical (unpaired) electrons. The molecule has 198 valence electrons. The second-order valence-corrected chi connectivity index (χ2v) is 11.2. The fourth-order valence-electron chi connectivity index (χ4n) is 3.86. The minimum absolute atomic E-state index is 0.302. The summed E-state index contributed by atoms with van der Waals surface area (Å²) in [7, 11) is 1.54. The summed E-state index contributed by atoms with van der Waals surface area (Å²) in [6, 6.07) is 17.1. The largest absolute Gasteiger partial charge is 0.493 e. The van der Waals surface area contributed by atoms with Crippen LogP contribution in [0, 0.1) is 30.9 Å². The van der Waals surface area contributed by atoms with Gasteiger partial charge in [0, 0.05) is 15.6 Å². The Hall–Kier alpha value is -3.08. The van der Waals surface area contributed by atoms with Crippen LogP contribution in [0.15, 0.2) is 64.2 Å². The van der Waals surface area contributed by atoms with E-state index in [1.165, 1.54) is 24.4 Å². The van der Waals surface area contributed by atoms with Gasteiger partial charge in [0.25, 0.3) is 0 Å². The molecular weight excluding hydrogens is 592 g/mol. The van der Waals surface area contributed by atoms with Gasteiger partial charge in [-0.3, -0.25) is 14.7 Å². The van der Waals surface area contributed by atoms with Crippen LogP contribution in [0.5, 0.6) is 11.5 Å². The van der Waals surface area contributed by atoms with Crippen molar-refractivity contribution < 1.29 is 14.4 Å². The maximum atomic E-state index is 11.7. The Morgan fingerprint density at radius 3 is 2.47 bits per heavy atom. The van der Waals surface area contributed by atoms with Gasteiger partial charge in [0.15, 0.2) is 16.7 Å². The predicted molar refractivity (Wildman–Crippen MR) is 153 cm³/mol. The number of nitrogens with zero attached hydrogens (tertiary/aromatic N) is 4. The highest BCUT2D eigenvalue weighted by Crippen LogP contribution is 2.43. The lowest BCUT2D eigenvalue weighted by atomic mass is 10.1. The van der Waals surface area contributed by atoms with E-state index in [2.05, 4.69) is 39.1 Å². The minimum Gasteiger partial charge on any atom is -0.493 e. The second kappa shape index (κ2) is 12.2. The fraction of sp³-hybridized carbons (Fsp3) is 0.259. The Bertz CT molecular complexity index is 1460. The molecule has 8 nitrogen and oxygen atoms in total. The highest BCUT2D eigenvalue weighted by atomic mass is 79.9. The van der Waals surface area contributed by atoms with E-state index in [0.29, 0.717) is 44.1 Å². The van der Waals surface area contributed by atoms with Gasteiger partial charge in [-0.2, -0.15) is 0 Å². The van der Waals surface area contributed by atoms with Gasteiger partial charge < -0.3 is 9.47 Å². The zero-order valence-electron chi connectivity index (χ0n) is 21.3. The van der Waals surface area contributed by atoms with Crippen LogP contribution in [-0.4, -0.2) is 33.3 Å². The van der Waals surface area contributed by atoms with E-state index in [0.717, 1.165) is 16.8 Å². The van der Waals surface area contributed by atoms with Crippen molar-refractivity contribution in [2.75, 3.05) is 13.7 Å². The molecule has 4 rings (SSSR count). The highest BCUT2D eigenvalue weighted by molar-refractivity contribution is 9.10. The number of thioether (sulfide) groups is 1. The number of nitro groups is 1. The van der Waals surface area contributed by atoms with Gasteiger partial charge in [-0.15, -0.1) is 10.2 Å². The summed E-state index contributed by atoms with van der Waals surface area (Å²) in [4.78, 5) is 11.4. The van der Waals surface area contributed by atoms with E-state index < -0.39 is 5.25 Å². The SMILES string of the molecule is COc1cc([C@H](C[N+](=O)[O-])Sc2nnc(C)n2-c2ccc(C)c(C)c2)cc(Br)c1OCc1ccc(Cl)cc1. The molecule has 0 N–H and O–H groups in total. The number of rotatable bonds is 10. The minimum atomic E-state index is -0.561. The Labute approximate surface area is 238 Å². The first kappa shape index (κ1) is 27.9. The summed E-state index contributed by atoms with van der Waals surface area (Å²) < 4.78 is 14.2. The van der Waals surface area contributed by atoms with Crippen molar-refractivity contribution in [3.63, 3.8) is 0 Å². The molecule has 0 saturated carbocycles. The summed E-state index contributed by atoms with van der Waals surface area (Å²) in [5.41, 5.74) is 4.85. The Kier molecular flexibility index (Phi) is 8.96. The normalized spacial score (nSPS) is 11.8. The van der Waals surface area contributed by atoms with Crippen LogP contribution in [-0.2, 0) is 6.61 Å². The zero-order chi connectivity index (χ0) is 27.4. The smallest absolute Gasteiger partial charge is 0.220 e. The van der Waals surface area contributed by atoms with Crippen LogP contribution in [0.4, 0.5) is 0 Å². The van der Waals surface area contributed by atoms with Crippen LogP contribution in [0.25, 0.3) is 5.69 Å². The molecule has 0 saturated heterocycles. The van der Waals surface area contributed by atoms with E-state index >= 15 is 0 Å². The lowest BCUT2D eigenvalue weighted by Gasteiger charge is -2.18. The maximum absolute atomic E-state index is 11.7. The third-order valence-corrected chi connectivity index (χ3v) is 8.05. The molecule has 0 fully saturated rings. The van der Waals surface area contributed by atoms with Gasteiger partial charge in [-0.05, 0) is 95.4 Å². The first-order chi connectivity index (χ1) is 18.2. The summed E-state index contributed by atoms with van der Waals surface area (Å²) in [6.45, 7) is 5.94. The van der Waals surface area contributed by atoms with Crippen LogP contribution < -0.4 is 9.47 Å². The molecule has 0 aliphatic carbocycles. The van der Waals surface area contributed by atoms with Crippen LogP contribution in [0.1, 0.15) is 33.3 Å². The third kappa shape index (κ3) is 6.48. The molecule has 4 aromatic rings. The van der Waals surface area contributed by atoms with Crippen molar-refractivity contribution >= 4 is 39.3 Å². The molecule has 1 atom stereocenters. The molecule has 0 bridgehead atoms. The summed E-state index contributed by atoms with van der Waals surface area (Å²) >= 11 is 10.8. The molecule has 0 amide bonds. The molecule has 0 unspecified atom stereocenters. The number of ether oxygens (including phenoxy) is 2. The monoisotopic (exact) mass is 616 g/mol. The zero-order valence-corrected chi connectivity index (χ0v) is 24.4. The van der Waals surface area contributed by atoms with Crippen LogP contribution in [0.2, 0.25) is 5.02 Å². The molecule has 1 heterocycles. The quantitative estimate of drug-likeness (QED) is 0.105. The number of hydrogen-bond donors (Lipinski definition) is 0. The van der Waals surface area contributed by atoms with Crippen molar-refractivity contribution in [3.8, 4) is 17.2 Å². The number of aryl methyl sites for hydroxylation is 3. The van der Waals surface area contributed by atoms with E-state index in [9.17, 15) is 10.1 Å². The summed E-state index contributed by atoms with van der Waals surface area (Å²) in [6.07, 6.45) is 0. The predicted octanol–water partition coefficient (Wildman–Crippen LogP) is 7.31. The van der Waals surface area contributed by atoms with Crippen molar-refractivity contribution in [3.05, 3.63) is 102 Å². The molecule has 38 heavy (non-hydrogen) atoms. The Balaban J connectivity index is 1.65. The Morgan fingerprint density at radius 1 is 1.08 bits per heavy atom. The van der Waals surface area contributed by atoms with Gasteiger partial charge in [0.05, 0.1) is 11.6 Å². The average molecular weight is 618 g/mol. The van der Waals surface area contributed by atoms with Crippen molar-refractivity contribution in [2.45, 2.75) is 37.8 Å². The number of benzene rings is 3. The second-order valence-electron chi connectivity index (χ2n) is 8.70. The highest BCUT2D eigenvalue weighted by Gasteiger charge is 2.26. The average Bonchev–Trinajstić information content (AvgIpc) is 3.24. The maximum Gasteiger partial charge on any atom is 0.220 e. The molecular formula is C27H26BrClN4O4S. The van der Waals surface area contributed by atoms with E-state index in [1.807, 2.05) is 48.7 Å². The van der Waals surface area contributed by atoms with Gasteiger partial charge in [-0.1, -0.05) is 41.6 Å². The molecule has 0 aliphatic heterocycles. The number of aromatic nitrogens is 3. The number of hydrogen-bond acceptors (Lipinski definition) is 7. The number of halogens is 2. The van der Waals surface area contributed by atoms with Crippen molar-refractivity contribution in [1.82, 2.24) is 14.8 Å². The molecule has 0 aliphatic rings. The Morgan fingerprint density at radius 2 is 1.82 bits per heavy atom. The lowest BCUT2D eigenvalue weighted by molar-refractivity contribution is -0.479. The molecule has 11 heteroatoms. The van der Waals surface area contributed by atoms with Crippen molar-refractivity contribution in [2.24, 2.45) is 0 Å². The topological polar surface area (TPSA) is 92.3 Å². The molecule has 3 aromatic carbocycles. The standard InChI is InChI=1S/C27H26BrClN4O4S/c1-16-5-10-22(11-17(16)2)33-18(3)30-31-27(33)38-25(14-32(34)35)20-12-23(28)26(24(13-20)36-4)37-15-19-6-8-21(29)9-7-19/h5-13,25H,14-15H2,1-4H3/t25-/m0/s1. The fourth-order valence-corrected chi connectivity index (χ4v) is 5.71. The van der Waals surface area contributed by atoms with Gasteiger partial charge in [0.1, 0.15) is 17.7 Å². The first-order valence-electron chi connectivity index (χ1n) is 11.7. The first-order valence-corrected chi connectivity index (χ1v) is 13.7. The van der Waals surface area contributed by atoms with Gasteiger partial charge >= 0.3 is 0 Å². The lowest BCUT2D eigenvalue weighted by Crippen LogP contribution is -2.12. The summed E-state index contributed by atoms with van der Waals surface area (Å²) in [5.74, 6) is 1.66. The van der Waals surface area contributed by atoms with E-state index in [-0.39, 0.29) is 11.5 Å². The van der Waals surface area contributed by atoms with Gasteiger partial charge in [-0.25, -0.2) is 0 Å². The van der Waals surface area contributed by atoms with Gasteiger partial charge in [0.2, 0.25) is 6.54 Å². The van der Waals surface area contributed by atoms with Crippen LogP contribution >= 0.6 is 39.3 Å². The molecule has 0 spiro atoms. The third-order valence-electron chi connectivity index (χ3n) is 6.03.